The molecule has 0 amide bonds. The Kier molecular flexibility index (Phi) is 3.65. The monoisotopic (exact) mass is 274 g/mol. The first-order chi connectivity index (χ1) is 8.02. The summed E-state index contributed by atoms with van der Waals surface area (Å²) in [6.07, 6.45) is -14.7. The van der Waals surface area contributed by atoms with Gasteiger partial charge in [0.2, 0.25) is 0 Å². The maximum absolute atomic E-state index is 13.7. The van der Waals surface area contributed by atoms with Crippen molar-refractivity contribution in [3.8, 4) is 0 Å². The first-order valence-corrected chi connectivity index (χ1v) is 4.84. The Balaban J connectivity index is 3.30. The van der Waals surface area contributed by atoms with Crippen molar-refractivity contribution in [1.82, 2.24) is 0 Å². The van der Waals surface area contributed by atoms with Gasteiger partial charge in [0.25, 0.3) is 0 Å². The smallest absolute Gasteiger partial charge is 0.241 e. The standard InChI is InChI=1S/C11H9F7/c1-9(10(13,14)15,11(16,17)18)8(12)7-5-3-2-4-6-7/h2-6,8H,1H3. The lowest BCUT2D eigenvalue weighted by atomic mass is 9.80. The molecule has 0 aromatic heterocycles. The van der Waals surface area contributed by atoms with E-state index in [9.17, 15) is 30.7 Å². The first kappa shape index (κ1) is 14.8. The number of benzene rings is 1. The van der Waals surface area contributed by atoms with Gasteiger partial charge in [0, 0.05) is 0 Å². The van der Waals surface area contributed by atoms with Crippen molar-refractivity contribution in [3.63, 3.8) is 0 Å². The van der Waals surface area contributed by atoms with E-state index in [2.05, 4.69) is 0 Å². The van der Waals surface area contributed by atoms with E-state index in [-0.39, 0.29) is 6.92 Å². The molecule has 0 fully saturated rings. The van der Waals surface area contributed by atoms with Gasteiger partial charge in [-0.2, -0.15) is 26.3 Å². The molecule has 0 spiro atoms. The second-order valence-electron chi connectivity index (χ2n) is 3.97. The molecule has 0 bridgehead atoms. The lowest BCUT2D eigenvalue weighted by molar-refractivity contribution is -0.353. The zero-order chi connectivity index (χ0) is 14.2. The Labute approximate surface area is 98.4 Å². The minimum atomic E-state index is -5.74. The van der Waals surface area contributed by atoms with Crippen LogP contribution in [-0.2, 0) is 0 Å². The van der Waals surface area contributed by atoms with E-state index in [1.807, 2.05) is 0 Å². The highest BCUT2D eigenvalue weighted by molar-refractivity contribution is 5.21. The highest BCUT2D eigenvalue weighted by Gasteiger charge is 2.72. The second-order valence-corrected chi connectivity index (χ2v) is 3.97. The molecule has 0 aliphatic rings. The Morgan fingerprint density at radius 2 is 1.22 bits per heavy atom. The summed E-state index contributed by atoms with van der Waals surface area (Å²) in [5.41, 5.74) is -5.09. The van der Waals surface area contributed by atoms with Crippen LogP contribution in [0.3, 0.4) is 0 Å². The number of hydrogen-bond donors (Lipinski definition) is 0. The van der Waals surface area contributed by atoms with E-state index in [1.54, 1.807) is 0 Å². The molecule has 0 saturated heterocycles. The Morgan fingerprint density at radius 3 is 1.56 bits per heavy atom. The molecule has 0 N–H and O–H groups in total. The van der Waals surface area contributed by atoms with Gasteiger partial charge in [0.05, 0.1) is 0 Å². The molecule has 1 aromatic carbocycles. The maximum atomic E-state index is 13.7. The fourth-order valence-corrected chi connectivity index (χ4v) is 1.40. The zero-order valence-electron chi connectivity index (χ0n) is 9.11. The molecular formula is C11H9F7. The minimum absolute atomic E-state index is 0.176. The Morgan fingerprint density at radius 1 is 0.833 bits per heavy atom. The van der Waals surface area contributed by atoms with Crippen molar-refractivity contribution in [3.05, 3.63) is 35.9 Å². The van der Waals surface area contributed by atoms with Gasteiger partial charge >= 0.3 is 12.4 Å². The normalized spacial score (nSPS) is 15.6. The quantitative estimate of drug-likeness (QED) is 0.678. The molecule has 1 aromatic rings. The zero-order valence-corrected chi connectivity index (χ0v) is 9.11. The van der Waals surface area contributed by atoms with Crippen LogP contribution in [0.15, 0.2) is 30.3 Å². The van der Waals surface area contributed by atoms with E-state index in [1.165, 1.54) is 18.2 Å². The van der Waals surface area contributed by atoms with E-state index in [4.69, 9.17) is 0 Å². The van der Waals surface area contributed by atoms with Gasteiger partial charge in [0.1, 0.15) is 6.17 Å². The van der Waals surface area contributed by atoms with Crippen molar-refractivity contribution in [1.29, 1.82) is 0 Å². The fourth-order valence-electron chi connectivity index (χ4n) is 1.40. The highest BCUT2D eigenvalue weighted by atomic mass is 19.4. The number of halogens is 7. The predicted molar refractivity (Wildman–Crippen MR) is 50.5 cm³/mol. The van der Waals surface area contributed by atoms with Crippen LogP contribution in [0.5, 0.6) is 0 Å². The summed E-state index contributed by atoms with van der Waals surface area (Å²) in [5, 5.41) is 0. The van der Waals surface area contributed by atoms with Crippen LogP contribution in [0.2, 0.25) is 0 Å². The summed E-state index contributed by atoms with van der Waals surface area (Å²) in [4.78, 5) is 0. The highest BCUT2D eigenvalue weighted by Crippen LogP contribution is 2.58. The number of rotatable bonds is 2. The summed E-state index contributed by atoms with van der Waals surface area (Å²) in [6.45, 7) is -0.176. The van der Waals surface area contributed by atoms with Crippen LogP contribution in [0.1, 0.15) is 18.7 Å². The Hall–Kier alpha value is -1.27. The summed E-state index contributed by atoms with van der Waals surface area (Å²) >= 11 is 0. The van der Waals surface area contributed by atoms with Crippen molar-refractivity contribution < 1.29 is 30.7 Å². The molecule has 7 heteroatoms. The number of hydrogen-bond acceptors (Lipinski definition) is 0. The first-order valence-electron chi connectivity index (χ1n) is 4.84. The topological polar surface area (TPSA) is 0 Å². The van der Waals surface area contributed by atoms with E-state index in [0.717, 1.165) is 12.1 Å². The lowest BCUT2D eigenvalue weighted by Crippen LogP contribution is -2.50. The van der Waals surface area contributed by atoms with Crippen molar-refractivity contribution in [2.75, 3.05) is 0 Å². The maximum Gasteiger partial charge on any atom is 0.406 e. The van der Waals surface area contributed by atoms with Crippen molar-refractivity contribution in [2.45, 2.75) is 25.4 Å². The third-order valence-electron chi connectivity index (χ3n) is 2.78. The van der Waals surface area contributed by atoms with Crippen LogP contribution in [-0.4, -0.2) is 12.4 Å². The summed E-state index contributed by atoms with van der Waals surface area (Å²) in [7, 11) is 0. The molecule has 1 atom stereocenters. The van der Waals surface area contributed by atoms with Crippen LogP contribution in [0, 0.1) is 5.41 Å². The van der Waals surface area contributed by atoms with Gasteiger partial charge in [-0.25, -0.2) is 4.39 Å². The third kappa shape index (κ3) is 2.30. The summed E-state index contributed by atoms with van der Waals surface area (Å²) in [5.74, 6) is 0. The van der Waals surface area contributed by atoms with Gasteiger partial charge in [0.15, 0.2) is 5.41 Å². The van der Waals surface area contributed by atoms with Crippen molar-refractivity contribution in [2.24, 2.45) is 5.41 Å². The van der Waals surface area contributed by atoms with Crippen LogP contribution in [0.4, 0.5) is 30.7 Å². The van der Waals surface area contributed by atoms with Crippen LogP contribution < -0.4 is 0 Å². The van der Waals surface area contributed by atoms with Gasteiger partial charge in [-0.15, -0.1) is 0 Å². The minimum Gasteiger partial charge on any atom is -0.241 e. The Bertz CT molecular complexity index is 376. The lowest BCUT2D eigenvalue weighted by Gasteiger charge is -2.36. The van der Waals surface area contributed by atoms with Gasteiger partial charge in [-0.3, -0.25) is 0 Å². The molecule has 1 unspecified atom stereocenters. The van der Waals surface area contributed by atoms with Crippen molar-refractivity contribution >= 4 is 0 Å². The molecular weight excluding hydrogens is 265 g/mol. The third-order valence-corrected chi connectivity index (χ3v) is 2.78. The second kappa shape index (κ2) is 4.44. The summed E-state index contributed by atoms with van der Waals surface area (Å²) < 4.78 is 89.2. The average molecular weight is 274 g/mol. The molecule has 18 heavy (non-hydrogen) atoms. The van der Waals surface area contributed by atoms with Crippen LogP contribution >= 0.6 is 0 Å². The van der Waals surface area contributed by atoms with E-state index >= 15 is 0 Å². The number of alkyl halides is 7. The molecule has 0 aliphatic heterocycles. The SMILES string of the molecule is CC(C(F)c1ccccc1)(C(F)(F)F)C(F)(F)F. The fraction of sp³-hybridized carbons (Fsp3) is 0.455. The molecule has 0 aliphatic carbocycles. The molecule has 102 valence electrons. The molecule has 0 radical (unpaired) electrons. The van der Waals surface area contributed by atoms with Gasteiger partial charge in [-0.1, -0.05) is 30.3 Å². The van der Waals surface area contributed by atoms with E-state index < -0.39 is 29.5 Å². The molecule has 0 saturated carbocycles. The van der Waals surface area contributed by atoms with E-state index in [0.29, 0.717) is 0 Å². The largest absolute Gasteiger partial charge is 0.406 e. The average Bonchev–Trinajstić information content (AvgIpc) is 2.25. The van der Waals surface area contributed by atoms with Gasteiger partial charge < -0.3 is 0 Å². The van der Waals surface area contributed by atoms with Crippen LogP contribution in [0.25, 0.3) is 0 Å². The predicted octanol–water partition coefficient (Wildman–Crippen LogP) is 4.83. The molecule has 0 heterocycles. The summed E-state index contributed by atoms with van der Waals surface area (Å²) in [6, 6.07) is 5.50. The molecule has 1 rings (SSSR count). The molecule has 0 nitrogen and oxygen atoms in total. The van der Waals surface area contributed by atoms with Gasteiger partial charge in [-0.05, 0) is 12.5 Å².